The highest BCUT2D eigenvalue weighted by atomic mass is 16.4. The summed E-state index contributed by atoms with van der Waals surface area (Å²) in [5, 5.41) is 26.8. The van der Waals surface area contributed by atoms with Crippen molar-refractivity contribution in [2.75, 3.05) is 6.54 Å². The van der Waals surface area contributed by atoms with Crippen LogP contribution in [0.15, 0.2) is 24.3 Å². The fraction of sp³-hybridized carbons (Fsp3) is 0.583. The lowest BCUT2D eigenvalue weighted by atomic mass is 10.0. The first-order valence-electron chi connectivity index (χ1n) is 11.8. The van der Waals surface area contributed by atoms with E-state index in [0.717, 1.165) is 0 Å². The quantitative estimate of drug-likeness (QED) is 0.166. The average molecular weight is 494 g/mol. The molecule has 0 aliphatic heterocycles. The zero-order valence-corrected chi connectivity index (χ0v) is 20.6. The summed E-state index contributed by atoms with van der Waals surface area (Å²) in [6.07, 6.45) is 1.76. The van der Waals surface area contributed by atoms with E-state index in [1.807, 2.05) is 13.8 Å². The molecule has 0 saturated carbocycles. The zero-order valence-electron chi connectivity index (χ0n) is 20.6. The van der Waals surface area contributed by atoms with E-state index in [0.29, 0.717) is 31.4 Å². The number of hydrogen-bond donors (Lipinski definition) is 7. The van der Waals surface area contributed by atoms with E-state index in [2.05, 4.69) is 16.0 Å². The van der Waals surface area contributed by atoms with Gasteiger partial charge in [-0.3, -0.25) is 14.4 Å². The molecule has 0 heterocycles. The molecule has 0 saturated heterocycles. The van der Waals surface area contributed by atoms with Gasteiger partial charge in [-0.05, 0) is 62.8 Å². The van der Waals surface area contributed by atoms with Crippen LogP contribution < -0.4 is 27.4 Å². The minimum Gasteiger partial charge on any atom is -0.508 e. The number of nitrogens with one attached hydrogen (secondary N) is 3. The van der Waals surface area contributed by atoms with Crippen molar-refractivity contribution in [2.45, 2.75) is 77.0 Å². The average Bonchev–Trinajstić information content (AvgIpc) is 2.78. The van der Waals surface area contributed by atoms with Crippen LogP contribution in [0.5, 0.6) is 5.75 Å². The molecule has 1 aromatic carbocycles. The molecule has 0 fully saturated rings. The molecular weight excluding hydrogens is 454 g/mol. The molecule has 11 heteroatoms. The van der Waals surface area contributed by atoms with Crippen molar-refractivity contribution in [2.24, 2.45) is 17.4 Å². The van der Waals surface area contributed by atoms with Crippen LogP contribution in [0, 0.1) is 5.92 Å². The Labute approximate surface area is 206 Å². The molecule has 0 spiro atoms. The summed E-state index contributed by atoms with van der Waals surface area (Å²) in [5.74, 6) is -2.89. The van der Waals surface area contributed by atoms with E-state index in [1.54, 1.807) is 12.1 Å². The fourth-order valence-electron chi connectivity index (χ4n) is 3.38. The number of amides is 3. The minimum absolute atomic E-state index is 0.0157. The summed E-state index contributed by atoms with van der Waals surface area (Å²) in [4.78, 5) is 50.0. The molecule has 0 radical (unpaired) electrons. The normalized spacial score (nSPS) is 14.5. The van der Waals surface area contributed by atoms with Crippen LogP contribution in [0.25, 0.3) is 0 Å². The standard InChI is InChI=1S/C24H39N5O6/c1-14(2)12-20(24(34)35)29-23(33)19(13-16-7-9-17(30)10-8-16)28-22(32)18(6-4-5-11-25)27-21(31)15(3)26/h7-10,14-15,18-20,30H,4-6,11-13,25-26H2,1-3H3,(H,27,31)(H,28,32)(H,29,33)(H,34,35). The van der Waals surface area contributed by atoms with Crippen LogP contribution >= 0.6 is 0 Å². The molecule has 9 N–H and O–H groups in total. The summed E-state index contributed by atoms with van der Waals surface area (Å²) < 4.78 is 0. The summed E-state index contributed by atoms with van der Waals surface area (Å²) in [5.41, 5.74) is 11.8. The van der Waals surface area contributed by atoms with Crippen LogP contribution in [-0.4, -0.2) is 64.6 Å². The van der Waals surface area contributed by atoms with Crippen LogP contribution in [0.3, 0.4) is 0 Å². The number of nitrogens with two attached hydrogens (primary N) is 2. The summed E-state index contributed by atoms with van der Waals surface area (Å²) >= 11 is 0. The molecule has 1 aromatic rings. The number of unbranched alkanes of at least 4 members (excludes halogenated alkanes) is 1. The monoisotopic (exact) mass is 493 g/mol. The number of phenolic OH excluding ortho intramolecular Hbond substituents is 1. The molecule has 1 rings (SSSR count). The number of carbonyl (C=O) groups is 4. The van der Waals surface area contributed by atoms with Gasteiger partial charge >= 0.3 is 5.97 Å². The van der Waals surface area contributed by atoms with Crippen LogP contribution in [0.2, 0.25) is 0 Å². The number of carbonyl (C=O) groups excluding carboxylic acids is 3. The maximum absolute atomic E-state index is 13.1. The van der Waals surface area contributed by atoms with E-state index >= 15 is 0 Å². The van der Waals surface area contributed by atoms with Crippen molar-refractivity contribution in [3.05, 3.63) is 29.8 Å². The van der Waals surface area contributed by atoms with Crippen LogP contribution in [-0.2, 0) is 25.6 Å². The number of benzene rings is 1. The Morgan fingerprint density at radius 3 is 1.91 bits per heavy atom. The molecule has 0 aliphatic carbocycles. The maximum Gasteiger partial charge on any atom is 0.326 e. The third-order valence-corrected chi connectivity index (χ3v) is 5.32. The first kappa shape index (κ1) is 29.9. The second-order valence-corrected chi connectivity index (χ2v) is 9.10. The number of hydrogen-bond acceptors (Lipinski definition) is 7. The van der Waals surface area contributed by atoms with Crippen LogP contribution in [0.1, 0.15) is 52.0 Å². The molecule has 0 aliphatic rings. The molecule has 4 unspecified atom stereocenters. The molecular formula is C24H39N5O6. The number of carboxylic acids is 1. The number of phenols is 1. The minimum atomic E-state index is -1.18. The Bertz CT molecular complexity index is 843. The lowest BCUT2D eigenvalue weighted by Gasteiger charge is -2.25. The van der Waals surface area contributed by atoms with Crippen LogP contribution in [0.4, 0.5) is 0 Å². The molecule has 0 bridgehead atoms. The van der Waals surface area contributed by atoms with Gasteiger partial charge in [-0.2, -0.15) is 0 Å². The molecule has 0 aromatic heterocycles. The number of aromatic hydroxyl groups is 1. The predicted octanol–water partition coefficient (Wildman–Crippen LogP) is -0.00400. The van der Waals surface area contributed by atoms with Crippen molar-refractivity contribution in [1.29, 1.82) is 0 Å². The number of rotatable bonds is 15. The fourth-order valence-corrected chi connectivity index (χ4v) is 3.38. The second-order valence-electron chi connectivity index (χ2n) is 9.10. The smallest absolute Gasteiger partial charge is 0.326 e. The third-order valence-electron chi connectivity index (χ3n) is 5.32. The van der Waals surface area contributed by atoms with Gasteiger partial charge in [0, 0.05) is 6.42 Å². The van der Waals surface area contributed by atoms with Gasteiger partial charge < -0.3 is 37.6 Å². The Hall–Kier alpha value is -3.18. The van der Waals surface area contributed by atoms with Crippen molar-refractivity contribution in [3.8, 4) is 5.75 Å². The summed E-state index contributed by atoms with van der Waals surface area (Å²) in [6, 6.07) is 2.07. The van der Waals surface area contributed by atoms with Gasteiger partial charge in [0.25, 0.3) is 0 Å². The van der Waals surface area contributed by atoms with Gasteiger partial charge in [0.2, 0.25) is 17.7 Å². The molecule has 3 amide bonds. The largest absolute Gasteiger partial charge is 0.508 e. The lowest BCUT2D eigenvalue weighted by molar-refractivity contribution is -0.142. The Morgan fingerprint density at radius 1 is 0.857 bits per heavy atom. The van der Waals surface area contributed by atoms with Gasteiger partial charge in [-0.25, -0.2) is 4.79 Å². The Morgan fingerprint density at radius 2 is 1.40 bits per heavy atom. The maximum atomic E-state index is 13.1. The van der Waals surface area contributed by atoms with Gasteiger partial charge in [-0.15, -0.1) is 0 Å². The number of aliphatic carboxylic acids is 1. The van der Waals surface area contributed by atoms with Crippen molar-refractivity contribution in [3.63, 3.8) is 0 Å². The van der Waals surface area contributed by atoms with E-state index in [-0.39, 0.29) is 24.5 Å². The molecule has 196 valence electrons. The van der Waals surface area contributed by atoms with Gasteiger partial charge in [0.1, 0.15) is 23.9 Å². The lowest BCUT2D eigenvalue weighted by Crippen LogP contribution is -2.57. The van der Waals surface area contributed by atoms with Crippen molar-refractivity contribution >= 4 is 23.7 Å². The van der Waals surface area contributed by atoms with E-state index in [1.165, 1.54) is 19.1 Å². The van der Waals surface area contributed by atoms with E-state index in [4.69, 9.17) is 11.5 Å². The second kappa shape index (κ2) is 14.9. The first-order valence-corrected chi connectivity index (χ1v) is 11.8. The van der Waals surface area contributed by atoms with Gasteiger partial charge in [0.05, 0.1) is 6.04 Å². The highest BCUT2D eigenvalue weighted by Gasteiger charge is 2.30. The SMILES string of the molecule is CC(C)CC(NC(=O)C(Cc1ccc(O)cc1)NC(=O)C(CCCCN)NC(=O)C(C)N)C(=O)O. The molecule has 35 heavy (non-hydrogen) atoms. The third kappa shape index (κ3) is 11.2. The zero-order chi connectivity index (χ0) is 26.5. The highest BCUT2D eigenvalue weighted by Crippen LogP contribution is 2.13. The van der Waals surface area contributed by atoms with Crippen molar-refractivity contribution in [1.82, 2.24) is 16.0 Å². The van der Waals surface area contributed by atoms with E-state index < -0.39 is 47.9 Å². The molecule has 4 atom stereocenters. The Balaban J connectivity index is 3.12. The van der Waals surface area contributed by atoms with Gasteiger partial charge in [0.15, 0.2) is 0 Å². The summed E-state index contributed by atoms with van der Waals surface area (Å²) in [6.45, 7) is 5.59. The molecule has 11 nitrogen and oxygen atoms in total. The first-order chi connectivity index (χ1) is 16.4. The summed E-state index contributed by atoms with van der Waals surface area (Å²) in [7, 11) is 0. The number of carboxylic acid groups (broad SMARTS) is 1. The topological polar surface area (TPSA) is 197 Å². The predicted molar refractivity (Wildman–Crippen MR) is 131 cm³/mol. The van der Waals surface area contributed by atoms with Crippen molar-refractivity contribution < 1.29 is 29.4 Å². The van der Waals surface area contributed by atoms with E-state index in [9.17, 15) is 29.4 Å². The highest BCUT2D eigenvalue weighted by molar-refractivity contribution is 5.94. The van der Waals surface area contributed by atoms with Gasteiger partial charge in [-0.1, -0.05) is 26.0 Å². The Kier molecular flexibility index (Phi) is 12.7.